The van der Waals surface area contributed by atoms with Crippen molar-refractivity contribution in [2.75, 3.05) is 12.1 Å². The molecular formula is C8H6BrN3O3. The van der Waals surface area contributed by atoms with E-state index in [0.29, 0.717) is 0 Å². The molecule has 0 atom stereocenters. The summed E-state index contributed by atoms with van der Waals surface area (Å²) < 4.78 is 0.289. The highest BCUT2D eigenvalue weighted by Crippen LogP contribution is 2.14. The SMILES string of the molecule is C#CCONc1ncc(Br)c(C(=O)O)n1. The second kappa shape index (κ2) is 5.29. The molecule has 0 saturated heterocycles. The Morgan fingerprint density at radius 2 is 2.53 bits per heavy atom. The van der Waals surface area contributed by atoms with E-state index in [0.717, 1.165) is 0 Å². The second-order valence-corrected chi connectivity index (χ2v) is 3.14. The summed E-state index contributed by atoms with van der Waals surface area (Å²) in [6.07, 6.45) is 6.24. The van der Waals surface area contributed by atoms with Gasteiger partial charge in [0, 0.05) is 6.20 Å². The zero-order chi connectivity index (χ0) is 11.3. The summed E-state index contributed by atoms with van der Waals surface area (Å²) in [5, 5.41) is 8.74. The molecule has 0 aliphatic rings. The van der Waals surface area contributed by atoms with Gasteiger partial charge < -0.3 is 5.11 Å². The van der Waals surface area contributed by atoms with Gasteiger partial charge in [0.2, 0.25) is 5.95 Å². The van der Waals surface area contributed by atoms with Gasteiger partial charge in [-0.3, -0.25) is 4.84 Å². The first-order valence-electron chi connectivity index (χ1n) is 3.72. The molecule has 2 N–H and O–H groups in total. The topological polar surface area (TPSA) is 84.3 Å². The Morgan fingerprint density at radius 1 is 1.80 bits per heavy atom. The van der Waals surface area contributed by atoms with E-state index in [-0.39, 0.29) is 22.7 Å². The van der Waals surface area contributed by atoms with E-state index in [4.69, 9.17) is 16.4 Å². The lowest BCUT2D eigenvalue weighted by Gasteiger charge is -2.03. The van der Waals surface area contributed by atoms with Crippen LogP contribution in [0, 0.1) is 12.3 Å². The minimum atomic E-state index is -1.16. The van der Waals surface area contributed by atoms with E-state index in [1.54, 1.807) is 0 Å². The van der Waals surface area contributed by atoms with Crippen LogP contribution in [0.4, 0.5) is 5.95 Å². The third kappa shape index (κ3) is 3.19. The Kier molecular flexibility index (Phi) is 4.03. The molecule has 0 fully saturated rings. The van der Waals surface area contributed by atoms with Gasteiger partial charge in [0.25, 0.3) is 0 Å². The van der Waals surface area contributed by atoms with Crippen molar-refractivity contribution in [2.45, 2.75) is 0 Å². The van der Waals surface area contributed by atoms with E-state index in [2.05, 4.69) is 37.3 Å². The third-order valence-electron chi connectivity index (χ3n) is 1.27. The summed E-state index contributed by atoms with van der Waals surface area (Å²) in [5.74, 6) is 1.09. The van der Waals surface area contributed by atoms with Crippen molar-refractivity contribution >= 4 is 27.8 Å². The maximum Gasteiger partial charge on any atom is 0.355 e. The van der Waals surface area contributed by atoms with Crippen molar-refractivity contribution in [1.29, 1.82) is 0 Å². The highest BCUT2D eigenvalue weighted by Gasteiger charge is 2.11. The first kappa shape index (κ1) is 11.4. The van der Waals surface area contributed by atoms with E-state index in [9.17, 15) is 4.79 Å². The number of carboxylic acid groups (broad SMARTS) is 1. The van der Waals surface area contributed by atoms with Gasteiger partial charge in [-0.2, -0.15) is 0 Å². The van der Waals surface area contributed by atoms with Gasteiger partial charge in [0.05, 0.1) is 4.47 Å². The van der Waals surface area contributed by atoms with Crippen LogP contribution in [0.3, 0.4) is 0 Å². The van der Waals surface area contributed by atoms with Crippen molar-refractivity contribution in [3.05, 3.63) is 16.4 Å². The molecule has 0 radical (unpaired) electrons. The Bertz CT molecular complexity index is 416. The summed E-state index contributed by atoms with van der Waals surface area (Å²) in [7, 11) is 0. The number of terminal acetylenes is 1. The lowest BCUT2D eigenvalue weighted by atomic mass is 10.4. The molecule has 0 unspecified atom stereocenters. The van der Waals surface area contributed by atoms with Crippen LogP contribution < -0.4 is 5.48 Å². The first-order valence-corrected chi connectivity index (χ1v) is 4.51. The molecule has 78 valence electrons. The van der Waals surface area contributed by atoms with Crippen LogP contribution in [0.5, 0.6) is 0 Å². The van der Waals surface area contributed by atoms with Crippen LogP contribution in [0.25, 0.3) is 0 Å². The number of halogens is 1. The summed E-state index contributed by atoms with van der Waals surface area (Å²) in [6.45, 7) is 0.0296. The predicted molar refractivity (Wildman–Crippen MR) is 55.1 cm³/mol. The van der Waals surface area contributed by atoms with Crippen LogP contribution in [0.15, 0.2) is 10.7 Å². The molecule has 0 spiro atoms. The van der Waals surface area contributed by atoms with Gasteiger partial charge >= 0.3 is 5.97 Å². The standard InChI is InChI=1S/C8H6BrN3O3/c1-2-3-15-12-8-10-4-5(9)6(11-8)7(13)14/h1,4H,3H2,(H,13,14)(H,10,11,12). The van der Waals surface area contributed by atoms with Crippen LogP contribution >= 0.6 is 15.9 Å². The van der Waals surface area contributed by atoms with Crippen LogP contribution in [-0.4, -0.2) is 27.7 Å². The fourth-order valence-corrected chi connectivity index (χ4v) is 1.07. The normalized spacial score (nSPS) is 9.33. The number of hydrogen-bond acceptors (Lipinski definition) is 5. The maximum absolute atomic E-state index is 10.7. The maximum atomic E-state index is 10.7. The number of carbonyl (C=O) groups is 1. The zero-order valence-corrected chi connectivity index (χ0v) is 8.98. The van der Waals surface area contributed by atoms with Gasteiger partial charge in [-0.05, 0) is 15.9 Å². The smallest absolute Gasteiger partial charge is 0.355 e. The summed E-state index contributed by atoms with van der Waals surface area (Å²) in [4.78, 5) is 22.9. The second-order valence-electron chi connectivity index (χ2n) is 2.29. The van der Waals surface area contributed by atoms with Crippen LogP contribution in [0.2, 0.25) is 0 Å². The van der Waals surface area contributed by atoms with E-state index in [1.165, 1.54) is 6.20 Å². The highest BCUT2D eigenvalue weighted by molar-refractivity contribution is 9.10. The lowest BCUT2D eigenvalue weighted by molar-refractivity contribution is 0.0689. The number of rotatable bonds is 4. The van der Waals surface area contributed by atoms with E-state index in [1.807, 2.05) is 0 Å². The Morgan fingerprint density at radius 3 is 3.13 bits per heavy atom. The van der Waals surface area contributed by atoms with Crippen molar-refractivity contribution < 1.29 is 14.7 Å². The lowest BCUT2D eigenvalue weighted by Crippen LogP contribution is -2.09. The molecule has 0 aromatic carbocycles. The largest absolute Gasteiger partial charge is 0.476 e. The van der Waals surface area contributed by atoms with Crippen LogP contribution in [0.1, 0.15) is 10.5 Å². The average Bonchev–Trinajstić information content (AvgIpc) is 2.20. The van der Waals surface area contributed by atoms with Gasteiger partial charge in [-0.15, -0.1) is 6.42 Å². The molecule has 1 heterocycles. The number of hydrogen-bond donors (Lipinski definition) is 2. The van der Waals surface area contributed by atoms with Crippen molar-refractivity contribution in [3.8, 4) is 12.3 Å². The van der Waals surface area contributed by atoms with E-state index < -0.39 is 5.97 Å². The zero-order valence-electron chi connectivity index (χ0n) is 7.40. The molecule has 7 heteroatoms. The summed E-state index contributed by atoms with van der Waals surface area (Å²) in [6, 6.07) is 0. The molecule has 0 bridgehead atoms. The average molecular weight is 272 g/mol. The predicted octanol–water partition coefficient (Wildman–Crippen LogP) is 0.914. The molecule has 1 aromatic heterocycles. The molecule has 15 heavy (non-hydrogen) atoms. The highest BCUT2D eigenvalue weighted by atomic mass is 79.9. The molecule has 0 saturated carbocycles. The quantitative estimate of drug-likeness (QED) is 0.481. The molecular weight excluding hydrogens is 266 g/mol. The molecule has 0 aliphatic heterocycles. The van der Waals surface area contributed by atoms with Crippen molar-refractivity contribution in [3.63, 3.8) is 0 Å². The molecule has 0 aliphatic carbocycles. The molecule has 1 aromatic rings. The number of aromatic carboxylic acids is 1. The third-order valence-corrected chi connectivity index (χ3v) is 1.85. The van der Waals surface area contributed by atoms with Crippen LogP contribution in [-0.2, 0) is 4.84 Å². The van der Waals surface area contributed by atoms with E-state index >= 15 is 0 Å². The van der Waals surface area contributed by atoms with Gasteiger partial charge in [-0.1, -0.05) is 5.92 Å². The Labute approximate surface area is 93.8 Å². The first-order chi connectivity index (χ1) is 7.15. The van der Waals surface area contributed by atoms with Gasteiger partial charge in [0.15, 0.2) is 5.69 Å². The number of anilines is 1. The minimum absolute atomic E-state index is 0.0296. The summed E-state index contributed by atoms with van der Waals surface area (Å²) >= 11 is 3.01. The Balaban J connectivity index is 2.79. The van der Waals surface area contributed by atoms with Crippen molar-refractivity contribution in [2.24, 2.45) is 0 Å². The number of carboxylic acids is 1. The monoisotopic (exact) mass is 271 g/mol. The summed E-state index contributed by atoms with van der Waals surface area (Å²) in [5.41, 5.74) is 2.16. The number of nitrogens with zero attached hydrogens (tertiary/aromatic N) is 2. The fraction of sp³-hybridized carbons (Fsp3) is 0.125. The van der Waals surface area contributed by atoms with Gasteiger partial charge in [-0.25, -0.2) is 20.2 Å². The molecule has 1 rings (SSSR count). The molecule has 6 nitrogen and oxygen atoms in total. The van der Waals surface area contributed by atoms with Crippen molar-refractivity contribution in [1.82, 2.24) is 9.97 Å². The Hall–Kier alpha value is -1.65. The minimum Gasteiger partial charge on any atom is -0.476 e. The number of nitrogens with one attached hydrogen (secondary N) is 1. The van der Waals surface area contributed by atoms with Gasteiger partial charge in [0.1, 0.15) is 6.61 Å². The molecule has 0 amide bonds. The number of aromatic nitrogens is 2. The fourth-order valence-electron chi connectivity index (χ4n) is 0.709.